The number of fused-ring (bicyclic) bond motifs is 1. The molecular weight excluding hydrogens is 155 g/mol. The molecule has 2 atom stereocenters. The van der Waals surface area contributed by atoms with Crippen LogP contribution >= 0.6 is 0 Å². The van der Waals surface area contributed by atoms with Crippen LogP contribution in [0.3, 0.4) is 0 Å². The molecule has 1 N–H and O–H groups in total. The highest BCUT2D eigenvalue weighted by Gasteiger charge is 2.61. The topological polar surface area (TPSA) is 15.3 Å². The van der Waals surface area contributed by atoms with Crippen LogP contribution in [0.4, 0.5) is 4.39 Å². The van der Waals surface area contributed by atoms with Crippen LogP contribution in [0.1, 0.15) is 6.42 Å². The first-order valence-corrected chi connectivity index (χ1v) is 4.88. The zero-order chi connectivity index (χ0) is 8.18. The summed E-state index contributed by atoms with van der Waals surface area (Å²) in [5, 5.41) is 3.25. The van der Waals surface area contributed by atoms with Crippen molar-refractivity contribution in [1.29, 1.82) is 0 Å². The van der Waals surface area contributed by atoms with Gasteiger partial charge in [-0.05, 0) is 12.3 Å². The first-order chi connectivity index (χ1) is 5.76. The van der Waals surface area contributed by atoms with Crippen LogP contribution < -0.4 is 5.32 Å². The molecule has 0 spiro atoms. The Hall–Kier alpha value is -0.150. The largest absolute Gasteiger partial charge is 0.316 e. The number of piperidine rings is 1. The van der Waals surface area contributed by atoms with Gasteiger partial charge in [-0.3, -0.25) is 4.90 Å². The van der Waals surface area contributed by atoms with Crippen molar-refractivity contribution in [1.82, 2.24) is 10.2 Å². The Labute approximate surface area is 72.1 Å². The number of alkyl halides is 1. The average Bonchev–Trinajstić information content (AvgIpc) is 2.43. The molecule has 3 aliphatic rings. The first-order valence-electron chi connectivity index (χ1n) is 4.88. The maximum absolute atomic E-state index is 13.5. The molecule has 0 radical (unpaired) electrons. The summed E-state index contributed by atoms with van der Waals surface area (Å²) in [6.45, 7) is 5.14. The number of rotatable bonds is 2. The van der Waals surface area contributed by atoms with Gasteiger partial charge in [0.25, 0.3) is 0 Å². The second-order valence-electron chi connectivity index (χ2n) is 4.65. The summed E-state index contributed by atoms with van der Waals surface area (Å²) in [6, 6.07) is 0. The van der Waals surface area contributed by atoms with Crippen molar-refractivity contribution in [3.05, 3.63) is 0 Å². The van der Waals surface area contributed by atoms with Gasteiger partial charge in [-0.15, -0.1) is 0 Å². The van der Waals surface area contributed by atoms with Crippen LogP contribution in [0.2, 0.25) is 0 Å². The van der Waals surface area contributed by atoms with Crippen LogP contribution in [-0.2, 0) is 0 Å². The lowest BCUT2D eigenvalue weighted by Gasteiger charge is -2.31. The van der Waals surface area contributed by atoms with Crippen molar-refractivity contribution in [2.45, 2.75) is 12.1 Å². The van der Waals surface area contributed by atoms with Crippen molar-refractivity contribution < 1.29 is 4.39 Å². The van der Waals surface area contributed by atoms with Gasteiger partial charge in [0.1, 0.15) is 5.67 Å². The van der Waals surface area contributed by atoms with E-state index in [4.69, 9.17) is 0 Å². The molecule has 3 fully saturated rings. The Balaban J connectivity index is 1.53. The predicted molar refractivity (Wildman–Crippen MR) is 44.7 cm³/mol. The maximum atomic E-state index is 13.5. The zero-order valence-electron chi connectivity index (χ0n) is 7.22. The summed E-state index contributed by atoms with van der Waals surface area (Å²) < 4.78 is 13.5. The van der Waals surface area contributed by atoms with Gasteiger partial charge in [0.05, 0.1) is 0 Å². The fourth-order valence-electron chi connectivity index (χ4n) is 2.50. The molecule has 0 aromatic rings. The van der Waals surface area contributed by atoms with Gasteiger partial charge in [0.15, 0.2) is 0 Å². The van der Waals surface area contributed by atoms with E-state index in [0.29, 0.717) is 12.5 Å². The highest BCUT2D eigenvalue weighted by Crippen LogP contribution is 2.52. The predicted octanol–water partition coefficient (Wildman–Crippen LogP) is 0.250. The Bertz CT molecular complexity index is 205. The van der Waals surface area contributed by atoms with E-state index in [0.717, 1.165) is 38.5 Å². The number of halogens is 1. The van der Waals surface area contributed by atoms with E-state index in [1.54, 1.807) is 0 Å². The maximum Gasteiger partial charge on any atom is 0.128 e. The zero-order valence-corrected chi connectivity index (χ0v) is 7.22. The molecule has 2 aliphatic heterocycles. The lowest BCUT2D eigenvalue weighted by atomic mass is 10.0. The molecule has 1 unspecified atom stereocenters. The number of nitrogens with zero attached hydrogens (tertiary/aromatic N) is 1. The van der Waals surface area contributed by atoms with Gasteiger partial charge in [-0.1, -0.05) is 0 Å². The molecule has 12 heavy (non-hydrogen) atoms. The van der Waals surface area contributed by atoms with Gasteiger partial charge in [-0.25, -0.2) is 4.39 Å². The van der Waals surface area contributed by atoms with E-state index in [9.17, 15) is 4.39 Å². The molecule has 1 aliphatic carbocycles. The third kappa shape index (κ3) is 0.995. The van der Waals surface area contributed by atoms with Crippen LogP contribution in [-0.4, -0.2) is 43.3 Å². The molecule has 1 saturated carbocycles. The molecule has 0 aromatic carbocycles. The molecule has 3 heteroatoms. The van der Waals surface area contributed by atoms with Crippen LogP contribution in [0.5, 0.6) is 0 Å². The summed E-state index contributed by atoms with van der Waals surface area (Å²) in [5.74, 6) is 1.19. The van der Waals surface area contributed by atoms with Crippen molar-refractivity contribution in [3.63, 3.8) is 0 Å². The molecule has 2 heterocycles. The minimum Gasteiger partial charge on any atom is -0.316 e. The molecule has 68 valence electrons. The van der Waals surface area contributed by atoms with E-state index < -0.39 is 5.67 Å². The fraction of sp³-hybridized carbons (Fsp3) is 1.00. The van der Waals surface area contributed by atoms with Crippen molar-refractivity contribution in [3.8, 4) is 0 Å². The van der Waals surface area contributed by atoms with Crippen LogP contribution in [0.15, 0.2) is 0 Å². The number of nitrogens with one attached hydrogen (secondary N) is 1. The molecule has 2 saturated heterocycles. The second kappa shape index (κ2) is 2.20. The Morgan fingerprint density at radius 1 is 1.50 bits per heavy atom. The summed E-state index contributed by atoms with van der Waals surface area (Å²) in [7, 11) is 0. The Morgan fingerprint density at radius 2 is 2.33 bits per heavy atom. The number of likely N-dealkylation sites (tertiary alicyclic amines) is 1. The van der Waals surface area contributed by atoms with Crippen LogP contribution in [0, 0.1) is 11.8 Å². The summed E-state index contributed by atoms with van der Waals surface area (Å²) in [6.07, 6.45) is 0.840. The number of hydrogen-bond acceptors (Lipinski definition) is 2. The second-order valence-corrected chi connectivity index (χ2v) is 4.65. The quantitative estimate of drug-likeness (QED) is 0.639. The van der Waals surface area contributed by atoms with Crippen molar-refractivity contribution in [2.24, 2.45) is 11.8 Å². The molecule has 0 bridgehead atoms. The highest BCUT2D eigenvalue weighted by atomic mass is 19.1. The van der Waals surface area contributed by atoms with E-state index in [2.05, 4.69) is 10.2 Å². The summed E-state index contributed by atoms with van der Waals surface area (Å²) >= 11 is 0. The van der Waals surface area contributed by atoms with E-state index >= 15 is 0 Å². The molecule has 3 rings (SSSR count). The SMILES string of the molecule is F[C@]12CC1CN(CC1CNC1)C2. The molecule has 2 nitrogen and oxygen atoms in total. The molecular formula is C9H15FN2. The van der Waals surface area contributed by atoms with Crippen molar-refractivity contribution >= 4 is 0 Å². The van der Waals surface area contributed by atoms with Gasteiger partial charge < -0.3 is 5.32 Å². The third-order valence-corrected chi connectivity index (χ3v) is 3.50. The van der Waals surface area contributed by atoms with E-state index in [-0.39, 0.29) is 0 Å². The van der Waals surface area contributed by atoms with Gasteiger partial charge in [0.2, 0.25) is 0 Å². The Morgan fingerprint density at radius 3 is 2.83 bits per heavy atom. The minimum absolute atomic E-state index is 0.394. The van der Waals surface area contributed by atoms with Gasteiger partial charge >= 0.3 is 0 Å². The van der Waals surface area contributed by atoms with Gasteiger partial charge in [-0.2, -0.15) is 0 Å². The first kappa shape index (κ1) is 7.27. The molecule has 0 aromatic heterocycles. The highest BCUT2D eigenvalue weighted by molar-refractivity contribution is 5.12. The van der Waals surface area contributed by atoms with E-state index in [1.165, 1.54) is 0 Å². The lowest BCUT2D eigenvalue weighted by molar-refractivity contribution is 0.182. The standard InChI is InChI=1S/C9H15FN2/c10-9-1-8(9)5-12(6-9)4-7-2-11-3-7/h7-8,11H,1-6H2/t8?,9-/m0/s1. The lowest BCUT2D eigenvalue weighted by Crippen LogP contribution is -2.48. The van der Waals surface area contributed by atoms with Crippen molar-refractivity contribution in [2.75, 3.05) is 32.7 Å². The normalized spacial score (nSPS) is 47.2. The summed E-state index contributed by atoms with van der Waals surface area (Å²) in [5.41, 5.74) is -0.753. The molecule has 0 amide bonds. The monoisotopic (exact) mass is 170 g/mol. The van der Waals surface area contributed by atoms with Gasteiger partial charge in [0, 0.05) is 38.6 Å². The minimum atomic E-state index is -0.753. The Kier molecular flexibility index (Phi) is 1.34. The smallest absolute Gasteiger partial charge is 0.128 e. The summed E-state index contributed by atoms with van der Waals surface area (Å²) in [4.78, 5) is 2.31. The van der Waals surface area contributed by atoms with Crippen LogP contribution in [0.25, 0.3) is 0 Å². The third-order valence-electron chi connectivity index (χ3n) is 3.50. The number of hydrogen-bond donors (Lipinski definition) is 1. The van der Waals surface area contributed by atoms with E-state index in [1.807, 2.05) is 0 Å². The fourth-order valence-corrected chi connectivity index (χ4v) is 2.50. The average molecular weight is 170 g/mol.